The highest BCUT2D eigenvalue weighted by Gasteiger charge is 2.19. The van der Waals surface area contributed by atoms with Crippen LogP contribution < -0.4 is 11.1 Å². The zero-order chi connectivity index (χ0) is 10.6. The first-order chi connectivity index (χ1) is 6.65. The van der Waals surface area contributed by atoms with Crippen LogP contribution >= 0.6 is 0 Å². The summed E-state index contributed by atoms with van der Waals surface area (Å²) in [5.41, 5.74) is 5.55. The summed E-state index contributed by atoms with van der Waals surface area (Å²) in [5.74, 6) is 0. The van der Waals surface area contributed by atoms with Crippen molar-refractivity contribution in [1.29, 1.82) is 0 Å². The lowest BCUT2D eigenvalue weighted by molar-refractivity contribution is 0.198. The second-order valence-electron chi connectivity index (χ2n) is 3.78. The summed E-state index contributed by atoms with van der Waals surface area (Å²) in [6.45, 7) is 6.00. The van der Waals surface area contributed by atoms with Gasteiger partial charge < -0.3 is 20.9 Å². The standard InChI is InChI=1S/C9H20N4O/c1-8(7-10)12(2)5-6-13-4-3-11-9(13)14/h8H,3-7,10H2,1-2H3,(H,11,14). The van der Waals surface area contributed by atoms with Gasteiger partial charge in [-0.05, 0) is 14.0 Å². The molecule has 2 amide bonds. The number of hydrogen-bond donors (Lipinski definition) is 2. The van der Waals surface area contributed by atoms with Crippen LogP contribution in [0.1, 0.15) is 6.92 Å². The predicted molar refractivity (Wildman–Crippen MR) is 56.1 cm³/mol. The third-order valence-corrected chi connectivity index (χ3v) is 2.76. The lowest BCUT2D eigenvalue weighted by atomic mass is 10.3. The van der Waals surface area contributed by atoms with Gasteiger partial charge in [0.15, 0.2) is 0 Å². The van der Waals surface area contributed by atoms with E-state index >= 15 is 0 Å². The molecule has 1 unspecified atom stereocenters. The van der Waals surface area contributed by atoms with Crippen molar-refractivity contribution in [1.82, 2.24) is 15.1 Å². The quantitative estimate of drug-likeness (QED) is 0.616. The number of amides is 2. The Hall–Kier alpha value is -0.810. The highest BCUT2D eigenvalue weighted by Crippen LogP contribution is 1.98. The zero-order valence-corrected chi connectivity index (χ0v) is 8.99. The molecule has 1 heterocycles. The molecule has 5 nitrogen and oxygen atoms in total. The molecule has 1 atom stereocenters. The molecule has 82 valence electrons. The second-order valence-corrected chi connectivity index (χ2v) is 3.78. The van der Waals surface area contributed by atoms with Crippen molar-refractivity contribution in [3.8, 4) is 0 Å². The Morgan fingerprint density at radius 1 is 1.71 bits per heavy atom. The van der Waals surface area contributed by atoms with Gasteiger partial charge in [-0.3, -0.25) is 0 Å². The van der Waals surface area contributed by atoms with Gasteiger partial charge in [0.1, 0.15) is 0 Å². The maximum absolute atomic E-state index is 11.2. The first-order valence-corrected chi connectivity index (χ1v) is 5.08. The molecule has 0 spiro atoms. The Labute approximate surface area is 85.2 Å². The number of nitrogens with one attached hydrogen (secondary N) is 1. The minimum absolute atomic E-state index is 0.0544. The molecule has 1 saturated heterocycles. The fourth-order valence-electron chi connectivity index (χ4n) is 1.40. The van der Waals surface area contributed by atoms with Crippen LogP contribution in [0, 0.1) is 0 Å². The summed E-state index contributed by atoms with van der Waals surface area (Å²) in [7, 11) is 2.03. The van der Waals surface area contributed by atoms with E-state index in [1.165, 1.54) is 0 Å². The number of rotatable bonds is 5. The van der Waals surface area contributed by atoms with Crippen molar-refractivity contribution in [2.24, 2.45) is 5.73 Å². The topological polar surface area (TPSA) is 61.6 Å². The van der Waals surface area contributed by atoms with E-state index in [4.69, 9.17) is 5.73 Å². The summed E-state index contributed by atoms with van der Waals surface area (Å²) in [6, 6.07) is 0.430. The van der Waals surface area contributed by atoms with Crippen LogP contribution in [0.15, 0.2) is 0 Å². The number of hydrogen-bond acceptors (Lipinski definition) is 3. The largest absolute Gasteiger partial charge is 0.336 e. The molecular weight excluding hydrogens is 180 g/mol. The summed E-state index contributed by atoms with van der Waals surface area (Å²) >= 11 is 0. The smallest absolute Gasteiger partial charge is 0.317 e. The molecule has 5 heteroatoms. The van der Waals surface area contributed by atoms with Crippen LogP contribution in [0.3, 0.4) is 0 Å². The SMILES string of the molecule is CC(CN)N(C)CCN1CCNC1=O. The van der Waals surface area contributed by atoms with Crippen LogP contribution in [0.25, 0.3) is 0 Å². The molecule has 0 aromatic carbocycles. The molecule has 0 aromatic heterocycles. The minimum atomic E-state index is 0.0544. The first-order valence-electron chi connectivity index (χ1n) is 5.08. The zero-order valence-electron chi connectivity index (χ0n) is 8.99. The molecule has 0 radical (unpaired) electrons. The van der Waals surface area contributed by atoms with Crippen molar-refractivity contribution >= 4 is 6.03 Å². The van der Waals surface area contributed by atoms with Gasteiger partial charge in [-0.15, -0.1) is 0 Å². The van der Waals surface area contributed by atoms with Crippen LogP contribution in [0.2, 0.25) is 0 Å². The number of nitrogens with zero attached hydrogens (tertiary/aromatic N) is 2. The molecule has 3 N–H and O–H groups in total. The average Bonchev–Trinajstić information content (AvgIpc) is 2.59. The number of likely N-dealkylation sites (N-methyl/N-ethyl adjacent to an activating group) is 1. The molecule has 1 aliphatic rings. The number of urea groups is 1. The maximum atomic E-state index is 11.2. The average molecular weight is 200 g/mol. The van der Waals surface area contributed by atoms with E-state index in [2.05, 4.69) is 17.1 Å². The highest BCUT2D eigenvalue weighted by molar-refractivity contribution is 5.76. The van der Waals surface area contributed by atoms with Gasteiger partial charge >= 0.3 is 6.03 Å². The monoisotopic (exact) mass is 200 g/mol. The fraction of sp³-hybridized carbons (Fsp3) is 0.889. The number of carbonyl (C=O) groups excluding carboxylic acids is 1. The van der Waals surface area contributed by atoms with Gasteiger partial charge in [0.2, 0.25) is 0 Å². The first kappa shape index (κ1) is 11.3. The van der Waals surface area contributed by atoms with E-state index < -0.39 is 0 Å². The van der Waals surface area contributed by atoms with Crippen molar-refractivity contribution in [3.05, 3.63) is 0 Å². The predicted octanol–water partition coefficient (Wildman–Crippen LogP) is -0.709. The summed E-state index contributed by atoms with van der Waals surface area (Å²) in [6.07, 6.45) is 0. The van der Waals surface area contributed by atoms with E-state index in [1.54, 1.807) is 0 Å². The Morgan fingerprint density at radius 3 is 2.93 bits per heavy atom. The molecule has 1 aliphatic heterocycles. The number of nitrogens with two attached hydrogens (primary N) is 1. The number of carbonyl (C=O) groups is 1. The highest BCUT2D eigenvalue weighted by atomic mass is 16.2. The van der Waals surface area contributed by atoms with Gasteiger partial charge in [-0.1, -0.05) is 0 Å². The molecular formula is C9H20N4O. The van der Waals surface area contributed by atoms with Crippen LogP contribution in [0.5, 0.6) is 0 Å². The molecule has 14 heavy (non-hydrogen) atoms. The molecule has 0 aliphatic carbocycles. The van der Waals surface area contributed by atoms with Crippen LogP contribution in [-0.4, -0.2) is 61.6 Å². The second kappa shape index (κ2) is 5.17. The van der Waals surface area contributed by atoms with Crippen molar-refractivity contribution in [2.45, 2.75) is 13.0 Å². The van der Waals surface area contributed by atoms with Gasteiger partial charge in [0.25, 0.3) is 0 Å². The Kier molecular flexibility index (Phi) is 4.16. The molecule has 0 bridgehead atoms. The molecule has 1 rings (SSSR count). The fourth-order valence-corrected chi connectivity index (χ4v) is 1.40. The Morgan fingerprint density at radius 2 is 2.43 bits per heavy atom. The van der Waals surface area contributed by atoms with Crippen molar-refractivity contribution in [3.63, 3.8) is 0 Å². The normalized spacial score (nSPS) is 18.9. The third-order valence-electron chi connectivity index (χ3n) is 2.76. The Bertz CT molecular complexity index is 197. The van der Waals surface area contributed by atoms with Crippen molar-refractivity contribution < 1.29 is 4.79 Å². The lowest BCUT2D eigenvalue weighted by Crippen LogP contribution is -2.41. The van der Waals surface area contributed by atoms with Gasteiger partial charge in [0, 0.05) is 38.8 Å². The van der Waals surface area contributed by atoms with Crippen molar-refractivity contribution in [2.75, 3.05) is 39.8 Å². The van der Waals surface area contributed by atoms with E-state index in [-0.39, 0.29) is 6.03 Å². The van der Waals surface area contributed by atoms with Crippen LogP contribution in [0.4, 0.5) is 4.79 Å². The van der Waals surface area contributed by atoms with Gasteiger partial charge in [-0.25, -0.2) is 4.79 Å². The summed E-state index contributed by atoms with van der Waals surface area (Å²) < 4.78 is 0. The van der Waals surface area contributed by atoms with Crippen LogP contribution in [-0.2, 0) is 0 Å². The summed E-state index contributed by atoms with van der Waals surface area (Å²) in [5, 5.41) is 2.78. The molecule has 1 fully saturated rings. The lowest BCUT2D eigenvalue weighted by Gasteiger charge is -2.25. The van der Waals surface area contributed by atoms with E-state index in [1.807, 2.05) is 11.9 Å². The Balaban J connectivity index is 2.22. The molecule has 0 saturated carbocycles. The van der Waals surface area contributed by atoms with Gasteiger partial charge in [0.05, 0.1) is 0 Å². The van der Waals surface area contributed by atoms with E-state index in [0.29, 0.717) is 12.6 Å². The van der Waals surface area contributed by atoms with E-state index in [9.17, 15) is 4.79 Å². The third kappa shape index (κ3) is 2.85. The van der Waals surface area contributed by atoms with E-state index in [0.717, 1.165) is 26.2 Å². The summed E-state index contributed by atoms with van der Waals surface area (Å²) in [4.78, 5) is 15.2. The van der Waals surface area contributed by atoms with Gasteiger partial charge in [-0.2, -0.15) is 0 Å². The minimum Gasteiger partial charge on any atom is -0.336 e. The maximum Gasteiger partial charge on any atom is 0.317 e. The molecule has 0 aromatic rings.